The molecule has 1 atom stereocenters. The molecule has 1 heterocycles. The molecule has 1 aliphatic heterocycles. The Balaban J connectivity index is 2.20. The molecule has 1 aliphatic rings. The van der Waals surface area contributed by atoms with Crippen molar-refractivity contribution in [2.24, 2.45) is 5.73 Å². The van der Waals surface area contributed by atoms with Crippen molar-refractivity contribution in [3.05, 3.63) is 65.0 Å². The number of allylic oxidation sites excluding steroid dienone is 1. The van der Waals surface area contributed by atoms with Gasteiger partial charge in [-0.25, -0.2) is 0 Å². The first-order chi connectivity index (χ1) is 10.7. The zero-order chi connectivity index (χ0) is 15.7. The monoisotopic (exact) mass is 294 g/mol. The van der Waals surface area contributed by atoms with Crippen LogP contribution in [0.25, 0.3) is 0 Å². The number of aromatic hydroxyl groups is 1. The summed E-state index contributed by atoms with van der Waals surface area (Å²) in [6, 6.07) is 14.3. The second-order valence-corrected chi connectivity index (χ2v) is 4.89. The second kappa shape index (κ2) is 5.34. The zero-order valence-electron chi connectivity index (χ0n) is 11.9. The lowest BCUT2D eigenvalue weighted by atomic mass is 9.83. The molecule has 0 bridgehead atoms. The Bertz CT molecular complexity index is 789. The van der Waals surface area contributed by atoms with E-state index in [0.717, 1.165) is 5.56 Å². The van der Waals surface area contributed by atoms with Crippen molar-refractivity contribution in [1.82, 2.24) is 0 Å². The summed E-state index contributed by atoms with van der Waals surface area (Å²) in [4.78, 5) is 0. The number of phenolic OH excluding ortho intramolecular Hbond substituents is 1. The Morgan fingerprint density at radius 2 is 1.95 bits per heavy atom. The quantitative estimate of drug-likeness (QED) is 0.888. The van der Waals surface area contributed by atoms with Gasteiger partial charge in [-0.2, -0.15) is 5.26 Å². The van der Waals surface area contributed by atoms with Gasteiger partial charge in [0.1, 0.15) is 28.9 Å². The fraction of sp³-hybridized carbons (Fsp3) is 0.118. The van der Waals surface area contributed by atoms with Crippen molar-refractivity contribution in [3.8, 4) is 23.3 Å². The molecule has 110 valence electrons. The third-order valence-corrected chi connectivity index (χ3v) is 3.68. The molecule has 2 aromatic rings. The third kappa shape index (κ3) is 2.11. The molecule has 0 spiro atoms. The molecule has 5 nitrogen and oxygen atoms in total. The fourth-order valence-corrected chi connectivity index (χ4v) is 2.62. The van der Waals surface area contributed by atoms with Crippen LogP contribution in [-0.4, -0.2) is 12.2 Å². The topological polar surface area (TPSA) is 88.5 Å². The molecule has 2 aromatic carbocycles. The fourth-order valence-electron chi connectivity index (χ4n) is 2.62. The third-order valence-electron chi connectivity index (χ3n) is 3.68. The summed E-state index contributed by atoms with van der Waals surface area (Å²) in [5.74, 6) is 0.821. The molecule has 0 unspecified atom stereocenters. The highest BCUT2D eigenvalue weighted by Gasteiger charge is 2.32. The minimum atomic E-state index is -0.471. The smallest absolute Gasteiger partial charge is 0.205 e. The maximum Gasteiger partial charge on any atom is 0.205 e. The largest absolute Gasteiger partial charge is 0.507 e. The molecule has 0 saturated carbocycles. The van der Waals surface area contributed by atoms with E-state index >= 15 is 0 Å². The lowest BCUT2D eigenvalue weighted by Crippen LogP contribution is -2.21. The lowest BCUT2D eigenvalue weighted by Gasteiger charge is -2.27. The standard InChI is InChI=1S/C17H14N2O3/c1-21-11-7-5-10(6-8-11)15-12(9-18)17(19)22-14-4-2-3-13(20)16(14)15/h2-8,15,20H,19H2,1H3/t15-/m1/s1. The number of hydrogen-bond acceptors (Lipinski definition) is 5. The number of hydrogen-bond donors (Lipinski definition) is 2. The Labute approximate surface area is 127 Å². The van der Waals surface area contributed by atoms with Gasteiger partial charge in [-0.05, 0) is 29.8 Å². The van der Waals surface area contributed by atoms with E-state index in [4.69, 9.17) is 15.2 Å². The number of fused-ring (bicyclic) bond motifs is 1. The van der Waals surface area contributed by atoms with Gasteiger partial charge in [0.25, 0.3) is 0 Å². The highest BCUT2D eigenvalue weighted by atomic mass is 16.5. The van der Waals surface area contributed by atoms with E-state index in [9.17, 15) is 10.4 Å². The van der Waals surface area contributed by atoms with Gasteiger partial charge >= 0.3 is 0 Å². The first-order valence-corrected chi connectivity index (χ1v) is 6.69. The number of methoxy groups -OCH3 is 1. The predicted molar refractivity (Wildman–Crippen MR) is 80.4 cm³/mol. The average molecular weight is 294 g/mol. The zero-order valence-corrected chi connectivity index (χ0v) is 11.9. The van der Waals surface area contributed by atoms with Gasteiger partial charge in [-0.15, -0.1) is 0 Å². The molecular formula is C17H14N2O3. The van der Waals surface area contributed by atoms with E-state index in [2.05, 4.69) is 6.07 Å². The van der Waals surface area contributed by atoms with Crippen LogP contribution in [0, 0.1) is 11.3 Å². The lowest BCUT2D eigenvalue weighted by molar-refractivity contribution is 0.382. The van der Waals surface area contributed by atoms with E-state index in [-0.39, 0.29) is 17.2 Å². The summed E-state index contributed by atoms with van der Waals surface area (Å²) in [7, 11) is 1.59. The molecule has 0 saturated heterocycles. The highest BCUT2D eigenvalue weighted by molar-refractivity contribution is 5.60. The Hall–Kier alpha value is -3.13. The van der Waals surface area contributed by atoms with Crippen molar-refractivity contribution in [2.75, 3.05) is 7.11 Å². The summed E-state index contributed by atoms with van der Waals surface area (Å²) in [5, 5.41) is 19.6. The number of ether oxygens (including phenoxy) is 2. The van der Waals surface area contributed by atoms with Crippen molar-refractivity contribution in [2.45, 2.75) is 5.92 Å². The number of benzene rings is 2. The minimum Gasteiger partial charge on any atom is -0.507 e. The van der Waals surface area contributed by atoms with E-state index < -0.39 is 5.92 Å². The van der Waals surface area contributed by atoms with Crippen LogP contribution in [0.3, 0.4) is 0 Å². The van der Waals surface area contributed by atoms with Crippen molar-refractivity contribution in [3.63, 3.8) is 0 Å². The molecule has 0 fully saturated rings. The Morgan fingerprint density at radius 1 is 1.23 bits per heavy atom. The maximum atomic E-state index is 10.2. The van der Waals surface area contributed by atoms with E-state index in [1.165, 1.54) is 0 Å². The summed E-state index contributed by atoms with van der Waals surface area (Å²) in [5.41, 5.74) is 7.51. The predicted octanol–water partition coefficient (Wildman–Crippen LogP) is 2.62. The molecule has 3 rings (SSSR count). The van der Waals surface area contributed by atoms with Gasteiger partial charge in [0.2, 0.25) is 5.88 Å². The summed E-state index contributed by atoms with van der Waals surface area (Å²) < 4.78 is 10.6. The average Bonchev–Trinajstić information content (AvgIpc) is 2.54. The van der Waals surface area contributed by atoms with Gasteiger partial charge in [-0.1, -0.05) is 18.2 Å². The molecule has 0 aromatic heterocycles. The van der Waals surface area contributed by atoms with Gasteiger partial charge in [-0.3, -0.25) is 0 Å². The Morgan fingerprint density at radius 3 is 2.59 bits per heavy atom. The van der Waals surface area contributed by atoms with Gasteiger partial charge in [0, 0.05) is 5.56 Å². The van der Waals surface area contributed by atoms with Gasteiger partial charge in [0.05, 0.1) is 13.0 Å². The van der Waals surface area contributed by atoms with Crippen LogP contribution in [0.1, 0.15) is 17.0 Å². The Kier molecular flexibility index (Phi) is 3.36. The van der Waals surface area contributed by atoms with E-state index in [1.807, 2.05) is 12.1 Å². The molecule has 5 heteroatoms. The summed E-state index contributed by atoms with van der Waals surface area (Å²) in [6.07, 6.45) is 0. The molecule has 0 aliphatic carbocycles. The van der Waals surface area contributed by atoms with Crippen LogP contribution in [0.4, 0.5) is 0 Å². The summed E-state index contributed by atoms with van der Waals surface area (Å²) >= 11 is 0. The SMILES string of the molecule is COc1ccc([C@@H]2C(C#N)=C(N)Oc3cccc(O)c32)cc1. The molecule has 0 amide bonds. The van der Waals surface area contributed by atoms with Gasteiger partial charge in [0.15, 0.2) is 0 Å². The number of rotatable bonds is 2. The number of phenols is 1. The molecule has 0 radical (unpaired) electrons. The van der Waals surface area contributed by atoms with Gasteiger partial charge < -0.3 is 20.3 Å². The van der Waals surface area contributed by atoms with Crippen molar-refractivity contribution >= 4 is 0 Å². The van der Waals surface area contributed by atoms with E-state index in [1.54, 1.807) is 37.4 Å². The first-order valence-electron chi connectivity index (χ1n) is 6.69. The molecule has 22 heavy (non-hydrogen) atoms. The highest BCUT2D eigenvalue weighted by Crippen LogP contribution is 2.46. The van der Waals surface area contributed by atoms with Crippen molar-refractivity contribution < 1.29 is 14.6 Å². The number of nitrogens with zero attached hydrogens (tertiary/aromatic N) is 1. The first kappa shape index (κ1) is 13.8. The molecular weight excluding hydrogens is 280 g/mol. The van der Waals surface area contributed by atoms with Crippen LogP contribution in [0.5, 0.6) is 17.2 Å². The number of nitrogens with two attached hydrogens (primary N) is 1. The van der Waals surface area contributed by atoms with Crippen LogP contribution in [0.2, 0.25) is 0 Å². The summed E-state index contributed by atoms with van der Waals surface area (Å²) in [6.45, 7) is 0. The van der Waals surface area contributed by atoms with Crippen LogP contribution >= 0.6 is 0 Å². The molecule has 3 N–H and O–H groups in total. The maximum absolute atomic E-state index is 10.2. The van der Waals surface area contributed by atoms with Crippen LogP contribution in [-0.2, 0) is 0 Å². The van der Waals surface area contributed by atoms with E-state index in [0.29, 0.717) is 17.1 Å². The second-order valence-electron chi connectivity index (χ2n) is 4.89. The normalized spacial score (nSPS) is 16.5. The van der Waals surface area contributed by atoms with Crippen molar-refractivity contribution in [1.29, 1.82) is 5.26 Å². The van der Waals surface area contributed by atoms with Crippen LogP contribution < -0.4 is 15.2 Å². The number of nitriles is 1. The minimum absolute atomic E-state index is 0.0569. The van der Waals surface area contributed by atoms with Crippen LogP contribution in [0.15, 0.2) is 53.9 Å².